The number of likely N-dealkylation sites (tertiary alicyclic amines) is 1. The van der Waals surface area contributed by atoms with E-state index in [1.165, 1.54) is 18.3 Å². The number of aromatic carboxylic acids is 1. The molecule has 2 rings (SSSR count). The lowest BCUT2D eigenvalue weighted by molar-refractivity contribution is -0.126. The highest BCUT2D eigenvalue weighted by molar-refractivity contribution is 5.96. The van der Waals surface area contributed by atoms with Crippen LogP contribution >= 0.6 is 0 Å². The van der Waals surface area contributed by atoms with Gasteiger partial charge >= 0.3 is 5.97 Å². The van der Waals surface area contributed by atoms with E-state index < -0.39 is 5.97 Å². The maximum atomic E-state index is 12.8. The molecule has 25 heavy (non-hydrogen) atoms. The summed E-state index contributed by atoms with van der Waals surface area (Å²) in [5.41, 5.74) is 0.121. The van der Waals surface area contributed by atoms with Crippen molar-refractivity contribution in [2.45, 2.75) is 45.6 Å². The highest BCUT2D eigenvalue weighted by Crippen LogP contribution is 2.24. The van der Waals surface area contributed by atoms with E-state index in [0.717, 1.165) is 25.7 Å². The second-order valence-corrected chi connectivity index (χ2v) is 6.46. The predicted octanol–water partition coefficient (Wildman–Crippen LogP) is 1.94. The minimum Gasteiger partial charge on any atom is -0.478 e. The summed E-state index contributed by atoms with van der Waals surface area (Å²) in [6.45, 7) is 4.98. The minimum absolute atomic E-state index is 0.0116. The second kappa shape index (κ2) is 8.60. The standard InChI is InChI=1S/C18H25N3O4/c1-3-4-8-20-16(22)14-6-5-12(2)21(11-14)17(23)15-10-13(18(24)25)7-9-19-15/h7,9-10,12,14H,3-6,8,11H2,1-2H3,(H,20,22)(H,24,25). The summed E-state index contributed by atoms with van der Waals surface area (Å²) in [6, 6.07) is 2.62. The largest absolute Gasteiger partial charge is 0.478 e. The zero-order valence-electron chi connectivity index (χ0n) is 14.7. The third kappa shape index (κ3) is 4.78. The molecule has 7 heteroatoms. The van der Waals surface area contributed by atoms with Crippen molar-refractivity contribution >= 4 is 17.8 Å². The molecule has 1 aliphatic rings. The molecule has 1 aliphatic heterocycles. The van der Waals surface area contributed by atoms with Gasteiger partial charge in [0.25, 0.3) is 5.91 Å². The summed E-state index contributed by atoms with van der Waals surface area (Å²) >= 11 is 0. The highest BCUT2D eigenvalue weighted by Gasteiger charge is 2.33. The van der Waals surface area contributed by atoms with E-state index in [4.69, 9.17) is 5.11 Å². The normalized spacial score (nSPS) is 20.2. The maximum Gasteiger partial charge on any atom is 0.335 e. The first kappa shape index (κ1) is 18.9. The number of unbranched alkanes of at least 4 members (excludes halogenated alkanes) is 1. The van der Waals surface area contributed by atoms with Crippen LogP contribution in [0.15, 0.2) is 18.3 Å². The van der Waals surface area contributed by atoms with Gasteiger partial charge in [-0.2, -0.15) is 0 Å². The van der Waals surface area contributed by atoms with E-state index in [2.05, 4.69) is 17.2 Å². The van der Waals surface area contributed by atoms with Gasteiger partial charge in [0.05, 0.1) is 11.5 Å². The Morgan fingerprint density at radius 2 is 2.12 bits per heavy atom. The number of carbonyl (C=O) groups is 3. The van der Waals surface area contributed by atoms with Crippen LogP contribution in [0.4, 0.5) is 0 Å². The average Bonchev–Trinajstić information content (AvgIpc) is 2.61. The van der Waals surface area contributed by atoms with Crippen LogP contribution in [0.3, 0.4) is 0 Å². The Labute approximate surface area is 147 Å². The summed E-state index contributed by atoms with van der Waals surface area (Å²) in [5, 5.41) is 12.0. The first-order chi connectivity index (χ1) is 11.9. The van der Waals surface area contributed by atoms with Gasteiger partial charge in [0.2, 0.25) is 5.91 Å². The number of pyridine rings is 1. The summed E-state index contributed by atoms with van der Waals surface area (Å²) in [7, 11) is 0. The molecule has 1 saturated heterocycles. The van der Waals surface area contributed by atoms with Crippen molar-refractivity contribution in [1.29, 1.82) is 0 Å². The van der Waals surface area contributed by atoms with E-state index in [-0.39, 0.29) is 35.0 Å². The first-order valence-electron chi connectivity index (χ1n) is 8.72. The van der Waals surface area contributed by atoms with E-state index in [9.17, 15) is 14.4 Å². The zero-order chi connectivity index (χ0) is 18.4. The van der Waals surface area contributed by atoms with Crippen LogP contribution < -0.4 is 5.32 Å². The number of carbonyl (C=O) groups excluding carboxylic acids is 2. The predicted molar refractivity (Wildman–Crippen MR) is 92.3 cm³/mol. The van der Waals surface area contributed by atoms with Gasteiger partial charge in [-0.15, -0.1) is 0 Å². The number of carboxylic acids is 1. The van der Waals surface area contributed by atoms with Crippen molar-refractivity contribution in [1.82, 2.24) is 15.2 Å². The molecular weight excluding hydrogens is 322 g/mol. The molecule has 0 spiro atoms. The number of carboxylic acid groups (broad SMARTS) is 1. The zero-order valence-corrected chi connectivity index (χ0v) is 14.7. The van der Waals surface area contributed by atoms with Crippen molar-refractivity contribution in [2.75, 3.05) is 13.1 Å². The lowest BCUT2D eigenvalue weighted by Gasteiger charge is -2.37. The summed E-state index contributed by atoms with van der Waals surface area (Å²) in [4.78, 5) is 41.7. The average molecular weight is 347 g/mol. The molecule has 0 aliphatic carbocycles. The summed E-state index contributed by atoms with van der Waals surface area (Å²) in [5.74, 6) is -1.69. The smallest absolute Gasteiger partial charge is 0.335 e. The lowest BCUT2D eigenvalue weighted by Crippen LogP contribution is -2.49. The number of nitrogens with zero attached hydrogens (tertiary/aromatic N) is 2. The van der Waals surface area contributed by atoms with Gasteiger partial charge in [0, 0.05) is 25.3 Å². The fraction of sp³-hybridized carbons (Fsp3) is 0.556. The first-order valence-corrected chi connectivity index (χ1v) is 8.72. The molecule has 0 radical (unpaired) electrons. The van der Waals surface area contributed by atoms with Crippen LogP contribution in [-0.4, -0.2) is 51.9 Å². The molecule has 0 aromatic carbocycles. The van der Waals surface area contributed by atoms with Crippen LogP contribution in [0.25, 0.3) is 0 Å². The number of piperidine rings is 1. The third-order valence-electron chi connectivity index (χ3n) is 4.57. The number of aromatic nitrogens is 1. The van der Waals surface area contributed by atoms with Crippen molar-refractivity contribution in [3.63, 3.8) is 0 Å². The Balaban J connectivity index is 2.08. The highest BCUT2D eigenvalue weighted by atomic mass is 16.4. The van der Waals surface area contributed by atoms with Gasteiger partial charge in [0.1, 0.15) is 5.69 Å². The molecule has 0 bridgehead atoms. The van der Waals surface area contributed by atoms with Crippen LogP contribution in [0.2, 0.25) is 0 Å². The van der Waals surface area contributed by atoms with Crippen molar-refractivity contribution in [3.05, 3.63) is 29.6 Å². The van der Waals surface area contributed by atoms with Crippen LogP contribution in [0.5, 0.6) is 0 Å². The molecule has 2 atom stereocenters. The Bertz CT molecular complexity index is 647. The van der Waals surface area contributed by atoms with Crippen LogP contribution in [0, 0.1) is 5.92 Å². The molecule has 136 valence electrons. The molecule has 2 unspecified atom stereocenters. The van der Waals surface area contributed by atoms with Gasteiger partial charge in [0.15, 0.2) is 0 Å². The van der Waals surface area contributed by atoms with Crippen molar-refractivity contribution in [3.8, 4) is 0 Å². The third-order valence-corrected chi connectivity index (χ3v) is 4.57. The molecule has 0 saturated carbocycles. The maximum absolute atomic E-state index is 12.8. The molecule has 2 amide bonds. The Morgan fingerprint density at radius 3 is 2.80 bits per heavy atom. The Kier molecular flexibility index (Phi) is 6.50. The number of hydrogen-bond donors (Lipinski definition) is 2. The Hall–Kier alpha value is -2.44. The van der Waals surface area contributed by atoms with Gasteiger partial charge in [-0.05, 0) is 38.3 Å². The second-order valence-electron chi connectivity index (χ2n) is 6.46. The van der Waals surface area contributed by atoms with Gasteiger partial charge in [-0.25, -0.2) is 4.79 Å². The minimum atomic E-state index is -1.10. The van der Waals surface area contributed by atoms with Gasteiger partial charge in [-0.1, -0.05) is 13.3 Å². The molecule has 1 fully saturated rings. The number of rotatable bonds is 6. The number of nitrogens with one attached hydrogen (secondary N) is 1. The lowest BCUT2D eigenvalue weighted by atomic mass is 9.92. The van der Waals surface area contributed by atoms with E-state index in [1.54, 1.807) is 4.90 Å². The quantitative estimate of drug-likeness (QED) is 0.766. The summed E-state index contributed by atoms with van der Waals surface area (Å²) in [6.07, 6.45) is 4.74. The van der Waals surface area contributed by atoms with Gasteiger partial charge < -0.3 is 15.3 Å². The Morgan fingerprint density at radius 1 is 1.36 bits per heavy atom. The van der Waals surface area contributed by atoms with Gasteiger partial charge in [-0.3, -0.25) is 14.6 Å². The molecule has 1 aromatic rings. The fourth-order valence-corrected chi connectivity index (χ4v) is 2.96. The topological polar surface area (TPSA) is 99.6 Å². The monoisotopic (exact) mass is 347 g/mol. The summed E-state index contributed by atoms with van der Waals surface area (Å²) < 4.78 is 0. The SMILES string of the molecule is CCCCNC(=O)C1CCC(C)N(C(=O)c2cc(C(=O)O)ccn2)C1. The number of hydrogen-bond acceptors (Lipinski definition) is 4. The van der Waals surface area contributed by atoms with E-state index in [0.29, 0.717) is 13.1 Å². The van der Waals surface area contributed by atoms with E-state index in [1.807, 2.05) is 6.92 Å². The molecule has 2 heterocycles. The fourth-order valence-electron chi connectivity index (χ4n) is 2.96. The van der Waals surface area contributed by atoms with Crippen LogP contribution in [0.1, 0.15) is 60.4 Å². The van der Waals surface area contributed by atoms with E-state index >= 15 is 0 Å². The molecule has 7 nitrogen and oxygen atoms in total. The molecule has 2 N–H and O–H groups in total. The van der Waals surface area contributed by atoms with Crippen LogP contribution in [-0.2, 0) is 4.79 Å². The number of amides is 2. The van der Waals surface area contributed by atoms with Crippen molar-refractivity contribution < 1.29 is 19.5 Å². The molecule has 1 aromatic heterocycles. The molecular formula is C18H25N3O4. The van der Waals surface area contributed by atoms with Crippen molar-refractivity contribution in [2.24, 2.45) is 5.92 Å².